The Labute approximate surface area is 113 Å². The number of hydrogen-bond donors (Lipinski definition) is 2. The van der Waals surface area contributed by atoms with Crippen LogP contribution >= 0.6 is 0 Å². The van der Waals surface area contributed by atoms with Crippen molar-refractivity contribution in [3.8, 4) is 0 Å². The predicted molar refractivity (Wildman–Crippen MR) is 61.5 cm³/mol. The average molecular weight is 293 g/mol. The zero-order valence-electron chi connectivity index (χ0n) is 10.8. The second-order valence-electron chi connectivity index (χ2n) is 4.01. The van der Waals surface area contributed by atoms with Gasteiger partial charge in [-0.1, -0.05) is 0 Å². The lowest BCUT2D eigenvalue weighted by atomic mass is 10.2. The Morgan fingerprint density at radius 3 is 2.45 bits per heavy atom. The smallest absolute Gasteiger partial charge is 0.451 e. The van der Waals surface area contributed by atoms with Crippen LogP contribution in [-0.2, 0) is 15.7 Å². The summed E-state index contributed by atoms with van der Waals surface area (Å²) in [5.41, 5.74) is 0.398. The van der Waals surface area contributed by atoms with E-state index in [0.29, 0.717) is 5.56 Å². The molecule has 0 aromatic carbocycles. The van der Waals surface area contributed by atoms with Crippen LogP contribution < -0.4 is 5.32 Å². The molecule has 0 saturated carbocycles. The Morgan fingerprint density at radius 1 is 1.45 bits per heavy atom. The highest BCUT2D eigenvalue weighted by Gasteiger charge is 2.34. The number of hydrogen-bond acceptors (Lipinski definition) is 6. The van der Waals surface area contributed by atoms with Crippen LogP contribution in [0, 0.1) is 0 Å². The van der Waals surface area contributed by atoms with Gasteiger partial charge in [0.25, 0.3) is 0 Å². The predicted octanol–water partition coefficient (Wildman–Crippen LogP) is 0.680. The molecule has 0 aliphatic heterocycles. The summed E-state index contributed by atoms with van der Waals surface area (Å²) in [6.45, 7) is 1.53. The Morgan fingerprint density at radius 2 is 2.00 bits per heavy atom. The molecule has 0 aliphatic rings. The van der Waals surface area contributed by atoms with E-state index in [0.717, 1.165) is 19.5 Å². The molecule has 0 aliphatic carbocycles. The minimum Gasteiger partial charge on any atom is -0.467 e. The minimum atomic E-state index is -4.59. The number of aromatic nitrogens is 2. The molecule has 0 radical (unpaired) electrons. The third-order valence-electron chi connectivity index (χ3n) is 2.52. The number of halogens is 3. The molecule has 2 atom stereocenters. The standard InChI is InChI=1S/C11H14F3N3O3/c1-6(15-5-8(18)9(19)20-2)7-3-16-10(17-4-7)11(12,13)14/h3-4,6,8,15,18H,5H2,1-2H3. The molecule has 9 heteroatoms. The summed E-state index contributed by atoms with van der Waals surface area (Å²) < 4.78 is 41.2. The van der Waals surface area contributed by atoms with E-state index >= 15 is 0 Å². The zero-order valence-corrected chi connectivity index (χ0v) is 10.8. The van der Waals surface area contributed by atoms with Crippen LogP contribution in [0.2, 0.25) is 0 Å². The normalized spacial score (nSPS) is 14.7. The van der Waals surface area contributed by atoms with Gasteiger partial charge in [-0.15, -0.1) is 0 Å². The van der Waals surface area contributed by atoms with Gasteiger partial charge < -0.3 is 15.2 Å². The molecule has 1 heterocycles. The second-order valence-corrected chi connectivity index (χ2v) is 4.01. The Kier molecular flexibility index (Phi) is 5.40. The first kappa shape index (κ1) is 16.3. The van der Waals surface area contributed by atoms with Gasteiger partial charge in [0.2, 0.25) is 5.82 Å². The largest absolute Gasteiger partial charge is 0.467 e. The highest BCUT2D eigenvalue weighted by atomic mass is 19.4. The first-order chi connectivity index (χ1) is 9.25. The number of aliphatic hydroxyl groups is 1. The number of nitrogens with one attached hydrogen (secondary N) is 1. The second kappa shape index (κ2) is 6.62. The molecule has 0 bridgehead atoms. The lowest BCUT2D eigenvalue weighted by Crippen LogP contribution is -2.35. The molecule has 20 heavy (non-hydrogen) atoms. The van der Waals surface area contributed by atoms with Crippen molar-refractivity contribution < 1.29 is 27.8 Å². The maximum atomic E-state index is 12.3. The highest BCUT2D eigenvalue weighted by molar-refractivity contribution is 5.74. The summed E-state index contributed by atoms with van der Waals surface area (Å²) in [7, 11) is 1.14. The number of carbonyl (C=O) groups is 1. The fourth-order valence-corrected chi connectivity index (χ4v) is 1.33. The first-order valence-electron chi connectivity index (χ1n) is 5.64. The van der Waals surface area contributed by atoms with Gasteiger partial charge in [-0.2, -0.15) is 13.2 Å². The van der Waals surface area contributed by atoms with E-state index in [1.807, 2.05) is 0 Å². The molecule has 0 amide bonds. The van der Waals surface area contributed by atoms with Crippen LogP contribution in [0.4, 0.5) is 13.2 Å². The molecule has 1 aromatic rings. The summed E-state index contributed by atoms with van der Waals surface area (Å²) in [5.74, 6) is -2.02. The van der Waals surface area contributed by atoms with Gasteiger partial charge in [0.05, 0.1) is 7.11 Å². The maximum Gasteiger partial charge on any atom is 0.451 e. The van der Waals surface area contributed by atoms with E-state index in [9.17, 15) is 23.1 Å². The van der Waals surface area contributed by atoms with Crippen molar-refractivity contribution in [2.24, 2.45) is 0 Å². The molecular weight excluding hydrogens is 279 g/mol. The highest BCUT2D eigenvalue weighted by Crippen LogP contribution is 2.25. The van der Waals surface area contributed by atoms with Crippen LogP contribution in [-0.4, -0.2) is 40.8 Å². The number of carbonyl (C=O) groups excluding carboxylic acids is 1. The Balaban J connectivity index is 2.60. The van der Waals surface area contributed by atoms with Crippen molar-refractivity contribution in [1.29, 1.82) is 0 Å². The Hall–Kier alpha value is -1.74. The quantitative estimate of drug-likeness (QED) is 0.777. The van der Waals surface area contributed by atoms with Crippen molar-refractivity contribution in [3.63, 3.8) is 0 Å². The van der Waals surface area contributed by atoms with Crippen LogP contribution in [0.25, 0.3) is 0 Å². The van der Waals surface area contributed by atoms with E-state index in [4.69, 9.17) is 0 Å². The summed E-state index contributed by atoms with van der Waals surface area (Å²) >= 11 is 0. The van der Waals surface area contributed by atoms with Crippen molar-refractivity contribution in [2.45, 2.75) is 25.2 Å². The molecule has 6 nitrogen and oxygen atoms in total. The topological polar surface area (TPSA) is 84.3 Å². The van der Waals surface area contributed by atoms with Crippen molar-refractivity contribution in [1.82, 2.24) is 15.3 Å². The van der Waals surface area contributed by atoms with Crippen LogP contribution in [0.15, 0.2) is 12.4 Å². The number of aliphatic hydroxyl groups excluding tert-OH is 1. The van der Waals surface area contributed by atoms with Gasteiger partial charge >= 0.3 is 12.1 Å². The lowest BCUT2D eigenvalue weighted by molar-refractivity contribution is -0.150. The summed E-state index contributed by atoms with van der Waals surface area (Å²) in [6.07, 6.45) is -3.86. The van der Waals surface area contributed by atoms with E-state index in [-0.39, 0.29) is 6.54 Å². The molecule has 1 aromatic heterocycles. The minimum absolute atomic E-state index is 0.102. The van der Waals surface area contributed by atoms with E-state index in [2.05, 4.69) is 20.0 Å². The van der Waals surface area contributed by atoms with Gasteiger partial charge in [-0.05, 0) is 6.92 Å². The summed E-state index contributed by atoms with van der Waals surface area (Å²) in [5, 5.41) is 12.1. The van der Waals surface area contributed by atoms with Gasteiger partial charge in [0.15, 0.2) is 6.10 Å². The van der Waals surface area contributed by atoms with Crippen LogP contribution in [0.1, 0.15) is 24.4 Å². The lowest BCUT2D eigenvalue weighted by Gasteiger charge is -2.16. The van der Waals surface area contributed by atoms with Crippen LogP contribution in [0.3, 0.4) is 0 Å². The fraction of sp³-hybridized carbons (Fsp3) is 0.545. The number of rotatable bonds is 5. The number of ether oxygens (including phenoxy) is 1. The third kappa shape index (κ3) is 4.42. The van der Waals surface area contributed by atoms with Gasteiger partial charge in [0, 0.05) is 30.5 Å². The zero-order chi connectivity index (χ0) is 15.3. The van der Waals surface area contributed by atoms with Gasteiger partial charge in [-0.3, -0.25) is 0 Å². The Bertz CT molecular complexity index is 450. The molecule has 1 rings (SSSR count). The third-order valence-corrected chi connectivity index (χ3v) is 2.52. The molecule has 0 fully saturated rings. The fourth-order valence-electron chi connectivity index (χ4n) is 1.33. The molecule has 112 valence electrons. The van der Waals surface area contributed by atoms with Crippen molar-refractivity contribution in [3.05, 3.63) is 23.8 Å². The van der Waals surface area contributed by atoms with Crippen molar-refractivity contribution in [2.75, 3.05) is 13.7 Å². The average Bonchev–Trinajstić information content (AvgIpc) is 2.42. The van der Waals surface area contributed by atoms with E-state index in [1.165, 1.54) is 0 Å². The maximum absolute atomic E-state index is 12.3. The number of esters is 1. The van der Waals surface area contributed by atoms with Crippen LogP contribution in [0.5, 0.6) is 0 Å². The van der Waals surface area contributed by atoms with Gasteiger partial charge in [-0.25, -0.2) is 14.8 Å². The number of nitrogens with zero attached hydrogens (tertiary/aromatic N) is 2. The molecule has 0 saturated heterocycles. The van der Waals surface area contributed by atoms with E-state index < -0.39 is 30.1 Å². The number of methoxy groups -OCH3 is 1. The SMILES string of the molecule is COC(=O)C(O)CNC(C)c1cnc(C(F)(F)F)nc1. The molecule has 2 unspecified atom stereocenters. The van der Waals surface area contributed by atoms with E-state index in [1.54, 1.807) is 6.92 Å². The molecule has 2 N–H and O–H groups in total. The van der Waals surface area contributed by atoms with Crippen molar-refractivity contribution >= 4 is 5.97 Å². The summed E-state index contributed by atoms with van der Waals surface area (Å²) in [6, 6.07) is -0.434. The first-order valence-corrected chi connectivity index (χ1v) is 5.64. The number of alkyl halides is 3. The summed E-state index contributed by atoms with van der Waals surface area (Å²) in [4.78, 5) is 17.4. The van der Waals surface area contributed by atoms with Gasteiger partial charge in [0.1, 0.15) is 0 Å². The molecule has 0 spiro atoms. The monoisotopic (exact) mass is 293 g/mol. The molecular formula is C11H14F3N3O3.